The van der Waals surface area contributed by atoms with Crippen molar-refractivity contribution in [2.24, 2.45) is 11.1 Å². The molecule has 0 aliphatic heterocycles. The van der Waals surface area contributed by atoms with Crippen LogP contribution < -0.4 is 5.73 Å². The highest BCUT2D eigenvalue weighted by Crippen LogP contribution is 2.44. The highest BCUT2D eigenvalue weighted by molar-refractivity contribution is 7.80. The highest BCUT2D eigenvalue weighted by Gasteiger charge is 2.50. The molecule has 4 heteroatoms. The molecule has 0 aromatic heterocycles. The maximum atomic E-state index is 12.6. The zero-order chi connectivity index (χ0) is 12.5. The molecule has 17 heavy (non-hydrogen) atoms. The van der Waals surface area contributed by atoms with Crippen LogP contribution in [-0.2, 0) is 4.79 Å². The molecule has 0 saturated heterocycles. The van der Waals surface area contributed by atoms with Gasteiger partial charge in [-0.15, -0.1) is 0 Å². The lowest BCUT2D eigenvalue weighted by atomic mass is 9.67. The van der Waals surface area contributed by atoms with Crippen LogP contribution in [0.2, 0.25) is 0 Å². The first kappa shape index (κ1) is 12.8. The van der Waals surface area contributed by atoms with E-state index in [-0.39, 0.29) is 5.91 Å². The summed E-state index contributed by atoms with van der Waals surface area (Å²) in [6, 6.07) is 0.473. The Kier molecular flexibility index (Phi) is 3.71. The molecule has 1 amide bonds. The molecule has 2 saturated carbocycles. The minimum atomic E-state index is -0.480. The smallest absolute Gasteiger partial charge is 0.235 e. The standard InChI is InChI=1S/C13H22N2OS/c1-2-3-9-15(10-5-6-10)12(16)13(11(14)17)7-4-8-13/h10H,2-9H2,1H3,(H2,14,17). The van der Waals surface area contributed by atoms with Gasteiger partial charge in [-0.25, -0.2) is 0 Å². The van der Waals surface area contributed by atoms with Gasteiger partial charge in [-0.1, -0.05) is 32.0 Å². The van der Waals surface area contributed by atoms with E-state index in [4.69, 9.17) is 18.0 Å². The summed E-state index contributed by atoms with van der Waals surface area (Å²) in [5.74, 6) is 0.215. The lowest BCUT2D eigenvalue weighted by Crippen LogP contribution is -2.55. The lowest BCUT2D eigenvalue weighted by molar-refractivity contribution is -0.142. The van der Waals surface area contributed by atoms with Crippen LogP contribution in [-0.4, -0.2) is 28.4 Å². The Hall–Kier alpha value is -0.640. The van der Waals surface area contributed by atoms with Crippen LogP contribution in [0.5, 0.6) is 0 Å². The third-order valence-electron chi connectivity index (χ3n) is 4.09. The van der Waals surface area contributed by atoms with E-state index >= 15 is 0 Å². The first-order valence-electron chi connectivity index (χ1n) is 6.73. The largest absolute Gasteiger partial charge is 0.392 e. The van der Waals surface area contributed by atoms with E-state index in [0.717, 1.165) is 51.5 Å². The second-order valence-electron chi connectivity index (χ2n) is 5.38. The van der Waals surface area contributed by atoms with Gasteiger partial charge < -0.3 is 10.6 Å². The zero-order valence-electron chi connectivity index (χ0n) is 10.6. The lowest BCUT2D eigenvalue weighted by Gasteiger charge is -2.43. The summed E-state index contributed by atoms with van der Waals surface area (Å²) in [4.78, 5) is 15.1. The van der Waals surface area contributed by atoms with E-state index in [1.165, 1.54) is 0 Å². The summed E-state index contributed by atoms with van der Waals surface area (Å²) in [5.41, 5.74) is 5.32. The fraction of sp³-hybridized carbons (Fsp3) is 0.846. The number of rotatable bonds is 6. The number of nitrogens with two attached hydrogens (primary N) is 1. The SMILES string of the molecule is CCCCN(C(=O)C1(C(N)=S)CCC1)C1CC1. The van der Waals surface area contributed by atoms with Gasteiger partial charge in [-0.3, -0.25) is 4.79 Å². The van der Waals surface area contributed by atoms with Crippen molar-refractivity contribution in [3.8, 4) is 0 Å². The molecule has 2 aliphatic rings. The van der Waals surface area contributed by atoms with Gasteiger partial charge in [0.25, 0.3) is 0 Å². The molecule has 0 radical (unpaired) electrons. The maximum absolute atomic E-state index is 12.6. The monoisotopic (exact) mass is 254 g/mol. The summed E-state index contributed by atoms with van der Waals surface area (Å²) in [7, 11) is 0. The van der Waals surface area contributed by atoms with Gasteiger partial charge in [0.05, 0.1) is 10.4 Å². The minimum absolute atomic E-state index is 0.215. The minimum Gasteiger partial charge on any atom is -0.392 e. The molecule has 0 spiro atoms. The number of unbranched alkanes of at least 4 members (excludes halogenated alkanes) is 1. The molecule has 0 heterocycles. The van der Waals surface area contributed by atoms with Crippen molar-refractivity contribution in [3.63, 3.8) is 0 Å². The Labute approximate surface area is 109 Å². The highest BCUT2D eigenvalue weighted by atomic mass is 32.1. The molecule has 0 atom stereocenters. The summed E-state index contributed by atoms with van der Waals surface area (Å²) >= 11 is 5.13. The van der Waals surface area contributed by atoms with Crippen LogP contribution in [0.3, 0.4) is 0 Å². The van der Waals surface area contributed by atoms with Crippen molar-refractivity contribution in [2.45, 2.75) is 57.9 Å². The number of hydrogen-bond donors (Lipinski definition) is 1. The van der Waals surface area contributed by atoms with Crippen LogP contribution >= 0.6 is 12.2 Å². The van der Waals surface area contributed by atoms with Gasteiger partial charge >= 0.3 is 0 Å². The quantitative estimate of drug-likeness (QED) is 0.739. The third-order valence-corrected chi connectivity index (χ3v) is 4.48. The van der Waals surface area contributed by atoms with Crippen LogP contribution in [0.15, 0.2) is 0 Å². The average molecular weight is 254 g/mol. The zero-order valence-corrected chi connectivity index (χ0v) is 11.4. The van der Waals surface area contributed by atoms with Gasteiger partial charge in [0, 0.05) is 12.6 Å². The number of carbonyl (C=O) groups is 1. The Morgan fingerprint density at radius 1 is 1.47 bits per heavy atom. The number of hydrogen-bond acceptors (Lipinski definition) is 2. The predicted molar refractivity (Wildman–Crippen MR) is 72.7 cm³/mol. The Bertz CT molecular complexity index is 321. The molecule has 2 rings (SSSR count). The van der Waals surface area contributed by atoms with Crippen LogP contribution in [0, 0.1) is 5.41 Å². The Morgan fingerprint density at radius 2 is 2.12 bits per heavy atom. The topological polar surface area (TPSA) is 46.3 Å². The van der Waals surface area contributed by atoms with E-state index in [1.807, 2.05) is 0 Å². The van der Waals surface area contributed by atoms with Crippen molar-refractivity contribution >= 4 is 23.1 Å². The van der Waals surface area contributed by atoms with Crippen molar-refractivity contribution in [1.29, 1.82) is 0 Å². The molecule has 2 aliphatic carbocycles. The van der Waals surface area contributed by atoms with Crippen molar-refractivity contribution in [3.05, 3.63) is 0 Å². The van der Waals surface area contributed by atoms with E-state index in [1.54, 1.807) is 0 Å². The number of carbonyl (C=O) groups excluding carboxylic acids is 1. The van der Waals surface area contributed by atoms with E-state index in [2.05, 4.69) is 11.8 Å². The van der Waals surface area contributed by atoms with Crippen molar-refractivity contribution < 1.29 is 4.79 Å². The van der Waals surface area contributed by atoms with E-state index in [0.29, 0.717) is 11.0 Å². The van der Waals surface area contributed by atoms with Crippen molar-refractivity contribution in [2.75, 3.05) is 6.54 Å². The predicted octanol–water partition coefficient (Wildman–Crippen LogP) is 2.23. The van der Waals surface area contributed by atoms with Crippen molar-refractivity contribution in [1.82, 2.24) is 4.90 Å². The normalized spacial score (nSPS) is 21.7. The molecule has 0 bridgehead atoms. The molecule has 96 valence electrons. The van der Waals surface area contributed by atoms with Gasteiger partial charge in [0.15, 0.2) is 0 Å². The first-order chi connectivity index (χ1) is 8.12. The van der Waals surface area contributed by atoms with Gasteiger partial charge in [-0.2, -0.15) is 0 Å². The fourth-order valence-electron chi connectivity index (χ4n) is 2.54. The first-order valence-corrected chi connectivity index (χ1v) is 7.13. The maximum Gasteiger partial charge on any atom is 0.235 e. The molecule has 2 N–H and O–H groups in total. The molecular formula is C13H22N2OS. The Morgan fingerprint density at radius 3 is 2.47 bits per heavy atom. The number of nitrogens with zero attached hydrogens (tertiary/aromatic N) is 1. The van der Waals surface area contributed by atoms with Crippen LogP contribution in [0.25, 0.3) is 0 Å². The summed E-state index contributed by atoms with van der Waals surface area (Å²) < 4.78 is 0. The van der Waals surface area contributed by atoms with Crippen LogP contribution in [0.1, 0.15) is 51.9 Å². The van der Waals surface area contributed by atoms with E-state index in [9.17, 15) is 4.79 Å². The summed E-state index contributed by atoms with van der Waals surface area (Å²) in [5, 5.41) is 0. The fourth-order valence-corrected chi connectivity index (χ4v) is 2.83. The second kappa shape index (κ2) is 4.92. The van der Waals surface area contributed by atoms with Gasteiger partial charge in [0.2, 0.25) is 5.91 Å². The third kappa shape index (κ3) is 2.32. The molecule has 0 unspecified atom stereocenters. The molecular weight excluding hydrogens is 232 g/mol. The number of amides is 1. The average Bonchev–Trinajstić information content (AvgIpc) is 3.00. The van der Waals surface area contributed by atoms with Gasteiger partial charge in [-0.05, 0) is 32.1 Å². The molecule has 0 aromatic rings. The summed E-state index contributed by atoms with van der Waals surface area (Å²) in [6.45, 7) is 3.03. The van der Waals surface area contributed by atoms with Gasteiger partial charge in [0.1, 0.15) is 0 Å². The second-order valence-corrected chi connectivity index (χ2v) is 5.82. The molecule has 3 nitrogen and oxygen atoms in total. The summed E-state index contributed by atoms with van der Waals surface area (Å²) in [6.07, 6.45) is 7.31. The Balaban J connectivity index is 2.07. The number of thiocarbonyl (C=S) groups is 1. The van der Waals surface area contributed by atoms with E-state index < -0.39 is 5.41 Å². The molecule has 0 aromatic carbocycles. The molecule has 2 fully saturated rings. The van der Waals surface area contributed by atoms with Crippen LogP contribution in [0.4, 0.5) is 0 Å².